The zero-order valence-corrected chi connectivity index (χ0v) is 13.3. The number of hydrogen-bond donors (Lipinski definition) is 1. The topological polar surface area (TPSA) is 49.4 Å². The van der Waals surface area contributed by atoms with E-state index in [0.29, 0.717) is 13.1 Å². The molecule has 1 saturated heterocycles. The van der Waals surface area contributed by atoms with Gasteiger partial charge in [-0.2, -0.15) is 0 Å². The number of carbonyl (C=O) groups is 2. The van der Waals surface area contributed by atoms with E-state index in [2.05, 4.69) is 18.0 Å². The molecule has 0 aliphatic carbocycles. The number of nitrogens with one attached hydrogen (secondary N) is 1. The molecule has 4 heteroatoms. The molecule has 0 saturated carbocycles. The highest BCUT2D eigenvalue weighted by Gasteiger charge is 2.32. The van der Waals surface area contributed by atoms with Gasteiger partial charge in [0.15, 0.2) is 0 Å². The van der Waals surface area contributed by atoms with Crippen molar-refractivity contribution in [3.63, 3.8) is 0 Å². The van der Waals surface area contributed by atoms with Crippen molar-refractivity contribution < 1.29 is 9.59 Å². The molecule has 0 aromatic heterocycles. The van der Waals surface area contributed by atoms with Crippen LogP contribution in [0.3, 0.4) is 0 Å². The molecule has 22 heavy (non-hydrogen) atoms. The van der Waals surface area contributed by atoms with Crippen molar-refractivity contribution in [2.24, 2.45) is 5.92 Å². The Morgan fingerprint density at radius 2 is 2.05 bits per heavy atom. The lowest BCUT2D eigenvalue weighted by Crippen LogP contribution is -2.41. The summed E-state index contributed by atoms with van der Waals surface area (Å²) in [6.07, 6.45) is 3.04. The van der Waals surface area contributed by atoms with E-state index in [-0.39, 0.29) is 23.7 Å². The molecule has 0 radical (unpaired) electrons. The number of hydrogen-bond acceptors (Lipinski definition) is 2. The minimum absolute atomic E-state index is 0.0227. The van der Waals surface area contributed by atoms with Gasteiger partial charge in [0, 0.05) is 20.1 Å². The van der Waals surface area contributed by atoms with Crippen molar-refractivity contribution in [2.75, 3.05) is 20.1 Å². The molecule has 1 heterocycles. The number of likely N-dealkylation sites (tertiary alicyclic amines) is 1. The molecule has 1 fully saturated rings. The first-order valence-corrected chi connectivity index (χ1v) is 7.76. The van der Waals surface area contributed by atoms with E-state index in [0.717, 1.165) is 24.0 Å². The Hall–Kier alpha value is -2.10. The number of amides is 2. The number of carbonyl (C=O) groups excluding carboxylic acids is 2. The first-order chi connectivity index (χ1) is 10.6. The minimum atomic E-state index is -0.147. The third kappa shape index (κ3) is 3.56. The predicted octanol–water partition coefficient (Wildman–Crippen LogP) is 2.25. The summed E-state index contributed by atoms with van der Waals surface area (Å²) in [5.41, 5.74) is 2.22. The third-order valence-electron chi connectivity index (χ3n) is 4.43. The van der Waals surface area contributed by atoms with Gasteiger partial charge in [-0.15, -0.1) is 0 Å². The molecule has 1 aromatic rings. The van der Waals surface area contributed by atoms with Gasteiger partial charge in [0.2, 0.25) is 11.8 Å². The number of benzene rings is 1. The van der Waals surface area contributed by atoms with Gasteiger partial charge in [-0.05, 0) is 37.3 Å². The number of rotatable bonds is 4. The van der Waals surface area contributed by atoms with Gasteiger partial charge >= 0.3 is 0 Å². The smallest absolute Gasteiger partial charge is 0.245 e. The quantitative estimate of drug-likeness (QED) is 0.867. The summed E-state index contributed by atoms with van der Waals surface area (Å²) in [6, 6.07) is 8.14. The molecule has 1 unspecified atom stereocenters. The Labute approximate surface area is 132 Å². The van der Waals surface area contributed by atoms with Crippen LogP contribution in [-0.2, 0) is 9.59 Å². The summed E-state index contributed by atoms with van der Waals surface area (Å²) in [5, 5.41) is 2.79. The number of piperidine rings is 1. The Bertz CT molecular complexity index is 560. The fraction of sp³-hybridized carbons (Fsp3) is 0.444. The first kappa shape index (κ1) is 16.3. The standard InChI is InChI=1S/C18H24N2O2/c1-4-16(21)20-10-8-14(9-11-20)17(18(22)19-3)15-7-5-6-13(2)12-15/h4-7,12,14,17H,1,8-11H2,2-3H3,(H,19,22). The molecular weight excluding hydrogens is 276 g/mol. The van der Waals surface area contributed by atoms with Crippen molar-refractivity contribution in [1.29, 1.82) is 0 Å². The summed E-state index contributed by atoms with van der Waals surface area (Å²) in [4.78, 5) is 25.9. The molecule has 1 atom stereocenters. The molecule has 1 aliphatic heterocycles. The molecule has 1 N–H and O–H groups in total. The van der Waals surface area contributed by atoms with Crippen LogP contribution in [0.1, 0.15) is 29.9 Å². The van der Waals surface area contributed by atoms with Crippen LogP contribution in [0.4, 0.5) is 0 Å². The van der Waals surface area contributed by atoms with Gasteiger partial charge in [0.25, 0.3) is 0 Å². The minimum Gasteiger partial charge on any atom is -0.359 e. The van der Waals surface area contributed by atoms with Gasteiger partial charge in [0.05, 0.1) is 5.92 Å². The van der Waals surface area contributed by atoms with E-state index in [9.17, 15) is 9.59 Å². The van der Waals surface area contributed by atoms with E-state index in [1.165, 1.54) is 6.08 Å². The van der Waals surface area contributed by atoms with E-state index < -0.39 is 0 Å². The van der Waals surface area contributed by atoms with Crippen LogP contribution in [0.5, 0.6) is 0 Å². The maximum absolute atomic E-state index is 12.4. The van der Waals surface area contributed by atoms with E-state index in [1.807, 2.05) is 25.1 Å². The Balaban J connectivity index is 2.16. The number of nitrogens with zero attached hydrogens (tertiary/aromatic N) is 1. The molecule has 118 valence electrons. The molecule has 2 amide bonds. The van der Waals surface area contributed by atoms with Crippen LogP contribution in [-0.4, -0.2) is 36.9 Å². The highest BCUT2D eigenvalue weighted by molar-refractivity contribution is 5.87. The number of likely N-dealkylation sites (N-methyl/N-ethyl adjacent to an activating group) is 1. The van der Waals surface area contributed by atoms with E-state index in [4.69, 9.17) is 0 Å². The lowest BCUT2D eigenvalue weighted by atomic mass is 9.79. The zero-order valence-electron chi connectivity index (χ0n) is 13.3. The SMILES string of the molecule is C=CC(=O)N1CCC(C(C(=O)NC)c2cccc(C)c2)CC1. The average molecular weight is 300 g/mol. The second-order valence-corrected chi connectivity index (χ2v) is 5.87. The van der Waals surface area contributed by atoms with Crippen molar-refractivity contribution >= 4 is 11.8 Å². The highest BCUT2D eigenvalue weighted by Crippen LogP contribution is 2.33. The maximum Gasteiger partial charge on any atom is 0.245 e. The first-order valence-electron chi connectivity index (χ1n) is 7.76. The Morgan fingerprint density at radius 3 is 2.59 bits per heavy atom. The van der Waals surface area contributed by atoms with Crippen LogP contribution in [0.15, 0.2) is 36.9 Å². The van der Waals surface area contributed by atoms with Crippen molar-refractivity contribution in [1.82, 2.24) is 10.2 Å². The number of aryl methyl sites for hydroxylation is 1. The van der Waals surface area contributed by atoms with Gasteiger partial charge in [0.1, 0.15) is 0 Å². The molecule has 4 nitrogen and oxygen atoms in total. The fourth-order valence-corrected chi connectivity index (χ4v) is 3.24. The average Bonchev–Trinajstić information content (AvgIpc) is 2.55. The van der Waals surface area contributed by atoms with E-state index in [1.54, 1.807) is 11.9 Å². The summed E-state index contributed by atoms with van der Waals surface area (Å²) >= 11 is 0. The zero-order chi connectivity index (χ0) is 16.1. The second-order valence-electron chi connectivity index (χ2n) is 5.87. The van der Waals surface area contributed by atoms with Crippen LogP contribution >= 0.6 is 0 Å². The lowest BCUT2D eigenvalue weighted by molar-refractivity contribution is -0.128. The predicted molar refractivity (Wildman–Crippen MR) is 87.5 cm³/mol. The van der Waals surface area contributed by atoms with E-state index >= 15 is 0 Å². The Kier molecular flexibility index (Phi) is 5.36. The molecule has 1 aliphatic rings. The van der Waals surface area contributed by atoms with Crippen molar-refractivity contribution in [2.45, 2.75) is 25.7 Å². The lowest BCUT2D eigenvalue weighted by Gasteiger charge is -2.35. The Morgan fingerprint density at radius 1 is 1.36 bits per heavy atom. The maximum atomic E-state index is 12.4. The van der Waals surface area contributed by atoms with Gasteiger partial charge in [-0.3, -0.25) is 9.59 Å². The molecule has 0 spiro atoms. The van der Waals surface area contributed by atoms with Gasteiger partial charge in [-0.25, -0.2) is 0 Å². The highest BCUT2D eigenvalue weighted by atomic mass is 16.2. The summed E-state index contributed by atoms with van der Waals surface area (Å²) < 4.78 is 0. The van der Waals surface area contributed by atoms with Gasteiger partial charge < -0.3 is 10.2 Å². The van der Waals surface area contributed by atoms with Crippen LogP contribution in [0.25, 0.3) is 0 Å². The monoisotopic (exact) mass is 300 g/mol. The summed E-state index contributed by atoms with van der Waals surface area (Å²) in [6.45, 7) is 6.95. The summed E-state index contributed by atoms with van der Waals surface area (Å²) in [7, 11) is 1.68. The second kappa shape index (κ2) is 7.25. The van der Waals surface area contributed by atoms with Crippen LogP contribution in [0.2, 0.25) is 0 Å². The molecule has 0 bridgehead atoms. The third-order valence-corrected chi connectivity index (χ3v) is 4.43. The van der Waals surface area contributed by atoms with Crippen molar-refractivity contribution in [3.8, 4) is 0 Å². The molecule has 2 rings (SSSR count). The fourth-order valence-electron chi connectivity index (χ4n) is 3.24. The van der Waals surface area contributed by atoms with Crippen molar-refractivity contribution in [3.05, 3.63) is 48.0 Å². The van der Waals surface area contributed by atoms with Gasteiger partial charge in [-0.1, -0.05) is 36.4 Å². The molecule has 1 aromatic carbocycles. The molecular formula is C18H24N2O2. The van der Waals surface area contributed by atoms with Crippen LogP contribution in [0, 0.1) is 12.8 Å². The summed E-state index contributed by atoms with van der Waals surface area (Å²) in [5.74, 6) is 0.145. The normalized spacial score (nSPS) is 16.9. The largest absolute Gasteiger partial charge is 0.359 e. The van der Waals surface area contributed by atoms with Crippen LogP contribution < -0.4 is 5.32 Å².